The molecule has 172 valence electrons. The van der Waals surface area contributed by atoms with Gasteiger partial charge in [-0.3, -0.25) is 14.9 Å². The van der Waals surface area contributed by atoms with Crippen LogP contribution in [0.2, 0.25) is 0 Å². The molecule has 13 heteroatoms. The number of nitrogens with one attached hydrogen (secondary N) is 2. The maximum absolute atomic E-state index is 12.3. The predicted octanol–water partition coefficient (Wildman–Crippen LogP) is 2.92. The molecule has 1 fully saturated rings. The van der Waals surface area contributed by atoms with Crippen LogP contribution in [0, 0.1) is 0 Å². The van der Waals surface area contributed by atoms with Gasteiger partial charge in [0.05, 0.1) is 12.1 Å². The van der Waals surface area contributed by atoms with E-state index in [0.29, 0.717) is 42.7 Å². The van der Waals surface area contributed by atoms with Gasteiger partial charge in [-0.05, 0) is 24.3 Å². The third-order valence-electron chi connectivity index (χ3n) is 4.49. The summed E-state index contributed by atoms with van der Waals surface area (Å²) in [6.45, 7) is 3.25. The quantitative estimate of drug-likeness (QED) is 0.698. The normalized spacial score (nSPS) is 14.1. The summed E-state index contributed by atoms with van der Waals surface area (Å²) in [7, 11) is 0. The van der Waals surface area contributed by atoms with Crippen LogP contribution in [0.5, 0.6) is 5.75 Å². The topological polar surface area (TPSA) is 104 Å². The largest absolute Gasteiger partial charge is 0.573 e. The first-order valence-electron chi connectivity index (χ1n) is 9.50. The van der Waals surface area contributed by atoms with Crippen LogP contribution in [0.4, 0.5) is 28.8 Å². The zero-order valence-corrected chi connectivity index (χ0v) is 17.8. The summed E-state index contributed by atoms with van der Waals surface area (Å²) in [5, 5.41) is 7.20. The van der Waals surface area contributed by atoms with Crippen LogP contribution < -0.4 is 15.4 Å². The Labute approximate surface area is 185 Å². The minimum absolute atomic E-state index is 0.0292. The second-order valence-corrected chi connectivity index (χ2v) is 7.72. The first kappa shape index (κ1) is 23.3. The Morgan fingerprint density at radius 3 is 2.28 bits per heavy atom. The van der Waals surface area contributed by atoms with E-state index in [-0.39, 0.29) is 18.4 Å². The number of hydrogen-bond donors (Lipinski definition) is 2. The van der Waals surface area contributed by atoms with Crippen molar-refractivity contribution in [2.75, 3.05) is 36.8 Å². The Kier molecular flexibility index (Phi) is 7.18. The minimum Gasteiger partial charge on any atom is -0.406 e. The molecular formula is C19H20F3N5O4S. The lowest BCUT2D eigenvalue weighted by molar-refractivity contribution is -0.274. The highest BCUT2D eigenvalue weighted by atomic mass is 32.1. The Balaban J connectivity index is 1.47. The summed E-state index contributed by atoms with van der Waals surface area (Å²) < 4.78 is 40.3. The molecule has 0 aliphatic carbocycles. The van der Waals surface area contributed by atoms with E-state index in [9.17, 15) is 27.6 Å². The minimum atomic E-state index is -4.79. The zero-order chi connectivity index (χ0) is 23.3. The molecular weight excluding hydrogens is 451 g/mol. The number of rotatable bonds is 5. The van der Waals surface area contributed by atoms with Crippen molar-refractivity contribution < 1.29 is 32.3 Å². The number of urea groups is 1. The number of carbonyl (C=O) groups is 3. The molecule has 0 unspecified atom stereocenters. The third-order valence-corrected chi connectivity index (χ3v) is 5.30. The van der Waals surface area contributed by atoms with Crippen LogP contribution in [0.25, 0.3) is 0 Å². The van der Waals surface area contributed by atoms with Crippen LogP contribution in [-0.2, 0) is 16.0 Å². The number of alkyl halides is 3. The first-order chi connectivity index (χ1) is 15.1. The fourth-order valence-corrected chi connectivity index (χ4v) is 3.65. The molecule has 0 radical (unpaired) electrons. The summed E-state index contributed by atoms with van der Waals surface area (Å²) in [6, 6.07) is 4.43. The number of benzene rings is 1. The standard InChI is InChI=1S/C19H20F3N5O4S/c1-12(28)26-6-8-27(9-7-26)18(30)25-17-24-14(11-32-17)10-16(29)23-13-2-4-15(5-3-13)31-19(20,21)22/h2-5,11H,6-10H2,1H3,(H,23,29)(H,24,25,30). The molecule has 3 rings (SSSR count). The van der Waals surface area contributed by atoms with Gasteiger partial charge in [0.2, 0.25) is 11.8 Å². The van der Waals surface area contributed by atoms with Gasteiger partial charge in [0, 0.05) is 44.2 Å². The molecule has 2 N–H and O–H groups in total. The van der Waals surface area contributed by atoms with Crippen LogP contribution >= 0.6 is 11.3 Å². The molecule has 0 atom stereocenters. The summed E-state index contributed by atoms with van der Waals surface area (Å²) >= 11 is 1.17. The highest BCUT2D eigenvalue weighted by molar-refractivity contribution is 7.13. The number of piperazine rings is 1. The van der Waals surface area contributed by atoms with E-state index in [4.69, 9.17) is 0 Å². The van der Waals surface area contributed by atoms with Gasteiger partial charge in [-0.1, -0.05) is 0 Å². The van der Waals surface area contributed by atoms with Crippen LogP contribution in [0.3, 0.4) is 0 Å². The molecule has 4 amide bonds. The van der Waals surface area contributed by atoms with Crippen molar-refractivity contribution in [2.45, 2.75) is 19.7 Å². The van der Waals surface area contributed by atoms with E-state index in [0.717, 1.165) is 12.1 Å². The number of carbonyl (C=O) groups excluding carboxylic acids is 3. The molecule has 2 heterocycles. The summed E-state index contributed by atoms with van der Waals surface area (Å²) in [5.74, 6) is -0.838. The van der Waals surface area contributed by atoms with Crippen LogP contribution in [0.15, 0.2) is 29.6 Å². The fraction of sp³-hybridized carbons (Fsp3) is 0.368. The van der Waals surface area contributed by atoms with Gasteiger partial charge in [-0.2, -0.15) is 0 Å². The molecule has 1 aliphatic heterocycles. The Bertz CT molecular complexity index is 972. The fourth-order valence-electron chi connectivity index (χ4n) is 2.95. The summed E-state index contributed by atoms with van der Waals surface area (Å²) in [5.41, 5.74) is 0.735. The molecule has 1 aromatic carbocycles. The van der Waals surface area contributed by atoms with E-state index in [1.165, 1.54) is 30.4 Å². The third kappa shape index (κ3) is 6.83. The highest BCUT2D eigenvalue weighted by Crippen LogP contribution is 2.24. The number of halogens is 3. The van der Waals surface area contributed by atoms with Gasteiger partial charge in [0.1, 0.15) is 5.75 Å². The molecule has 1 saturated heterocycles. The van der Waals surface area contributed by atoms with Crippen molar-refractivity contribution in [1.29, 1.82) is 0 Å². The number of thiazole rings is 1. The van der Waals surface area contributed by atoms with Crippen LogP contribution in [0.1, 0.15) is 12.6 Å². The Morgan fingerprint density at radius 2 is 1.69 bits per heavy atom. The van der Waals surface area contributed by atoms with Crippen molar-refractivity contribution >= 4 is 40.0 Å². The van der Waals surface area contributed by atoms with Crippen molar-refractivity contribution in [1.82, 2.24) is 14.8 Å². The van der Waals surface area contributed by atoms with Gasteiger partial charge >= 0.3 is 12.4 Å². The van der Waals surface area contributed by atoms with Gasteiger partial charge in [0.15, 0.2) is 5.13 Å². The molecule has 9 nitrogen and oxygen atoms in total. The van der Waals surface area contributed by atoms with Crippen molar-refractivity contribution in [3.05, 3.63) is 35.3 Å². The molecule has 32 heavy (non-hydrogen) atoms. The second kappa shape index (κ2) is 9.85. The maximum Gasteiger partial charge on any atom is 0.573 e. The molecule has 0 spiro atoms. The molecule has 2 aromatic rings. The number of aromatic nitrogens is 1. The number of nitrogens with zero attached hydrogens (tertiary/aromatic N) is 3. The Morgan fingerprint density at radius 1 is 1.06 bits per heavy atom. The smallest absolute Gasteiger partial charge is 0.406 e. The lowest BCUT2D eigenvalue weighted by Gasteiger charge is -2.33. The van der Waals surface area contributed by atoms with E-state index < -0.39 is 18.0 Å². The summed E-state index contributed by atoms with van der Waals surface area (Å²) in [6.07, 6.45) is -4.87. The Hall–Kier alpha value is -3.35. The highest BCUT2D eigenvalue weighted by Gasteiger charge is 2.31. The summed E-state index contributed by atoms with van der Waals surface area (Å²) in [4.78, 5) is 43.3. The monoisotopic (exact) mass is 471 g/mol. The van der Waals surface area contributed by atoms with Crippen LogP contribution in [-0.4, -0.2) is 65.2 Å². The lowest BCUT2D eigenvalue weighted by atomic mass is 10.2. The molecule has 0 saturated carbocycles. The number of hydrogen-bond acceptors (Lipinski definition) is 6. The first-order valence-corrected chi connectivity index (χ1v) is 10.4. The van der Waals surface area contributed by atoms with Gasteiger partial charge in [0.25, 0.3) is 0 Å². The van der Waals surface area contributed by atoms with Gasteiger partial charge in [-0.25, -0.2) is 9.78 Å². The predicted molar refractivity (Wildman–Crippen MR) is 110 cm³/mol. The zero-order valence-electron chi connectivity index (χ0n) is 16.9. The molecule has 1 aromatic heterocycles. The van der Waals surface area contributed by atoms with Gasteiger partial charge in [-0.15, -0.1) is 24.5 Å². The number of amides is 4. The van der Waals surface area contributed by atoms with E-state index in [2.05, 4.69) is 20.4 Å². The average molecular weight is 471 g/mol. The van der Waals surface area contributed by atoms with E-state index >= 15 is 0 Å². The average Bonchev–Trinajstić information content (AvgIpc) is 3.15. The van der Waals surface area contributed by atoms with Crippen molar-refractivity contribution in [3.63, 3.8) is 0 Å². The molecule has 1 aliphatic rings. The van der Waals surface area contributed by atoms with E-state index in [1.54, 1.807) is 15.2 Å². The van der Waals surface area contributed by atoms with E-state index in [1.807, 2.05) is 0 Å². The van der Waals surface area contributed by atoms with Crippen molar-refractivity contribution in [2.24, 2.45) is 0 Å². The van der Waals surface area contributed by atoms with Gasteiger partial charge < -0.3 is 19.9 Å². The second-order valence-electron chi connectivity index (χ2n) is 6.86. The SMILES string of the molecule is CC(=O)N1CCN(C(=O)Nc2nc(CC(=O)Nc3ccc(OC(F)(F)F)cc3)cs2)CC1. The number of ether oxygens (including phenoxy) is 1. The number of anilines is 2. The maximum atomic E-state index is 12.3. The van der Waals surface area contributed by atoms with Crippen molar-refractivity contribution in [3.8, 4) is 5.75 Å². The molecule has 0 bridgehead atoms. The lowest BCUT2D eigenvalue weighted by Crippen LogP contribution is -2.51.